The molecule has 2 N–H and O–H groups in total. The Morgan fingerprint density at radius 2 is 1.96 bits per heavy atom. The minimum atomic E-state index is -3.24. The molecule has 0 aliphatic heterocycles. The maximum absolute atomic E-state index is 16.8. The lowest BCUT2D eigenvalue weighted by Gasteiger charge is -2.60. The van der Waals surface area contributed by atoms with E-state index < -0.39 is 58.5 Å². The zero-order valence-electron chi connectivity index (χ0n) is 17.7. The van der Waals surface area contributed by atoms with Gasteiger partial charge in [0.25, 0.3) is 0 Å². The molecule has 6 atom stereocenters. The van der Waals surface area contributed by atoms with Gasteiger partial charge in [-0.05, 0) is 44.1 Å². The van der Waals surface area contributed by atoms with Crippen molar-refractivity contribution in [3.05, 3.63) is 11.6 Å². The summed E-state index contributed by atoms with van der Waals surface area (Å²) in [4.78, 5) is 37.8. The first-order valence-electron chi connectivity index (χ1n) is 10.7. The normalized spacial score (nSPS) is 50.8. The zero-order valence-corrected chi connectivity index (χ0v) is 15.7. The summed E-state index contributed by atoms with van der Waals surface area (Å²) in [5.74, 6) is -3.35. The molecule has 4 aliphatic rings. The molecule has 27 heavy (non-hydrogen) atoms. The first-order chi connectivity index (χ1) is 13.2. The monoisotopic (exact) mass is 380 g/mol. The molecule has 0 spiro atoms. The van der Waals surface area contributed by atoms with Crippen LogP contribution in [0.5, 0.6) is 0 Å². The molecule has 0 saturated heterocycles. The summed E-state index contributed by atoms with van der Waals surface area (Å²) in [5, 5.41) is 20.8. The predicted octanol–water partition coefficient (Wildman–Crippen LogP) is 2.08. The second kappa shape index (κ2) is 5.57. The number of alkyl halides is 1. The molecule has 5 nitrogen and oxygen atoms in total. The Labute approximate surface area is 160 Å². The highest BCUT2D eigenvalue weighted by Crippen LogP contribution is 2.69. The molecular weight excluding hydrogens is 351 g/mol. The Balaban J connectivity index is 1.80. The third-order valence-electron chi connectivity index (χ3n) is 8.43. The summed E-state index contributed by atoms with van der Waals surface area (Å²) in [7, 11) is 0. The maximum atomic E-state index is 16.8. The van der Waals surface area contributed by atoms with E-state index >= 15 is 4.39 Å². The number of halogens is 1. The van der Waals surface area contributed by atoms with Crippen LogP contribution in [0, 0.1) is 22.7 Å². The number of aliphatic hydroxyl groups is 2. The fourth-order valence-corrected chi connectivity index (χ4v) is 6.76. The average molecular weight is 380 g/mol. The number of hydrogen-bond donors (Lipinski definition) is 2. The summed E-state index contributed by atoms with van der Waals surface area (Å²) < 4.78 is 31.5. The minimum Gasteiger partial charge on any atom is -0.388 e. The summed E-state index contributed by atoms with van der Waals surface area (Å²) >= 11 is 0. The summed E-state index contributed by atoms with van der Waals surface area (Å²) in [6.45, 7) is 0.0126. The van der Waals surface area contributed by atoms with Crippen molar-refractivity contribution in [2.45, 2.75) is 70.1 Å². The van der Waals surface area contributed by atoms with Crippen LogP contribution in [0.25, 0.3) is 0 Å². The van der Waals surface area contributed by atoms with E-state index in [0.29, 0.717) is 18.4 Å². The van der Waals surface area contributed by atoms with Gasteiger partial charge < -0.3 is 10.2 Å². The fraction of sp³-hybridized carbons (Fsp3) is 0.762. The number of fused-ring (bicyclic) bond motifs is 5. The van der Waals surface area contributed by atoms with E-state index in [-0.39, 0.29) is 31.5 Å². The molecule has 0 aromatic heterocycles. The number of carbonyl (C=O) groups is 3. The summed E-state index contributed by atoms with van der Waals surface area (Å²) in [6.07, 6.45) is 2.47. The van der Waals surface area contributed by atoms with Gasteiger partial charge in [-0.2, -0.15) is 0 Å². The molecule has 4 rings (SSSR count). The number of allylic oxidation sites excluding steroid dienone is 1. The average Bonchev–Trinajstić information content (AvgIpc) is 2.88. The van der Waals surface area contributed by atoms with Crippen LogP contribution in [0.2, 0.25) is 0 Å². The lowest BCUT2D eigenvalue weighted by Crippen LogP contribution is -2.68. The van der Waals surface area contributed by atoms with E-state index in [4.69, 9.17) is 2.74 Å². The first kappa shape index (κ1) is 16.5. The first-order valence-corrected chi connectivity index (χ1v) is 9.67. The molecule has 3 fully saturated rings. The van der Waals surface area contributed by atoms with Crippen molar-refractivity contribution in [1.29, 1.82) is 0 Å². The van der Waals surface area contributed by atoms with Crippen molar-refractivity contribution in [3.63, 3.8) is 0 Å². The molecule has 3 saturated carbocycles. The van der Waals surface area contributed by atoms with Gasteiger partial charge in [-0.25, -0.2) is 4.39 Å². The molecule has 6 heteroatoms. The molecule has 0 aromatic carbocycles. The molecule has 4 aliphatic carbocycles. The van der Waals surface area contributed by atoms with Gasteiger partial charge in [-0.3, -0.25) is 14.4 Å². The SMILES string of the molecule is [2H]C([2H])(O)C(=O)[C@@]1(O)CC[C@H]2[C@@H]3CCC4=CC(=O)CC[C@]4(C)[C@@]3(F)C(=O)C[C@@]21C. The third-order valence-corrected chi connectivity index (χ3v) is 8.43. The molecule has 0 bridgehead atoms. The second-order valence-electron chi connectivity index (χ2n) is 9.29. The van der Waals surface area contributed by atoms with Crippen LogP contribution in [0.1, 0.15) is 61.5 Å². The van der Waals surface area contributed by atoms with Crippen LogP contribution in [0.4, 0.5) is 4.39 Å². The largest absolute Gasteiger partial charge is 0.388 e. The molecule has 0 aromatic rings. The number of hydrogen-bond acceptors (Lipinski definition) is 5. The third kappa shape index (κ3) is 2.03. The number of rotatable bonds is 2. The lowest BCUT2D eigenvalue weighted by atomic mass is 9.44. The van der Waals surface area contributed by atoms with Crippen molar-refractivity contribution >= 4 is 17.3 Å². The van der Waals surface area contributed by atoms with Gasteiger partial charge in [0.2, 0.25) is 0 Å². The second-order valence-corrected chi connectivity index (χ2v) is 9.29. The highest BCUT2D eigenvalue weighted by atomic mass is 19.1. The predicted molar refractivity (Wildman–Crippen MR) is 94.5 cm³/mol. The van der Waals surface area contributed by atoms with E-state index in [0.717, 1.165) is 0 Å². The topological polar surface area (TPSA) is 91.7 Å². The van der Waals surface area contributed by atoms with Crippen LogP contribution in [0.15, 0.2) is 11.6 Å². The summed E-state index contributed by atoms with van der Waals surface area (Å²) in [6, 6.07) is 0. The van der Waals surface area contributed by atoms with Crippen LogP contribution in [-0.4, -0.2) is 45.4 Å². The maximum Gasteiger partial charge on any atom is 0.190 e. The quantitative estimate of drug-likeness (QED) is 0.765. The fourth-order valence-electron chi connectivity index (χ4n) is 6.76. The van der Waals surface area contributed by atoms with Crippen molar-refractivity contribution in [2.24, 2.45) is 22.7 Å². The van der Waals surface area contributed by atoms with Crippen LogP contribution in [-0.2, 0) is 14.4 Å². The molecule has 148 valence electrons. The van der Waals surface area contributed by atoms with E-state index in [2.05, 4.69) is 0 Å². The van der Waals surface area contributed by atoms with Gasteiger partial charge in [0, 0.05) is 29.6 Å². The van der Waals surface area contributed by atoms with Gasteiger partial charge in [0.15, 0.2) is 23.0 Å². The van der Waals surface area contributed by atoms with Gasteiger partial charge >= 0.3 is 0 Å². The highest BCUT2D eigenvalue weighted by molar-refractivity contribution is 5.97. The van der Waals surface area contributed by atoms with Crippen molar-refractivity contribution in [2.75, 3.05) is 6.56 Å². The Kier molecular flexibility index (Phi) is 3.41. The van der Waals surface area contributed by atoms with Crippen molar-refractivity contribution in [3.8, 4) is 0 Å². The van der Waals surface area contributed by atoms with Gasteiger partial charge in [-0.1, -0.05) is 19.4 Å². The molecule has 0 unspecified atom stereocenters. The standard InChI is InChI=1S/C21H27FO5/c1-18-7-5-13(24)9-12(18)3-4-15-14-6-8-20(27,17(26)11-23)19(14,2)10-16(25)21(15,18)22/h9,14-15,23,27H,3-8,10-11H2,1-2H3/t14-,15-,18-,19-,20-,21-/m0/s1/i11D2. The van der Waals surface area contributed by atoms with Crippen molar-refractivity contribution < 1.29 is 31.7 Å². The molecule has 0 amide bonds. The zero-order chi connectivity index (χ0) is 21.6. The summed E-state index contributed by atoms with van der Waals surface area (Å²) in [5.41, 5.74) is -6.18. The number of carbonyl (C=O) groups excluding carboxylic acids is 3. The van der Waals surface area contributed by atoms with E-state index in [9.17, 15) is 24.6 Å². The van der Waals surface area contributed by atoms with E-state index in [1.165, 1.54) is 6.08 Å². The Bertz CT molecular complexity index is 850. The van der Waals surface area contributed by atoms with E-state index in [1.807, 2.05) is 0 Å². The molecule has 0 radical (unpaired) electrons. The number of Topliss-reactive ketones (excluding diaryl/α,β-unsaturated/α-hetero) is 2. The van der Waals surface area contributed by atoms with Gasteiger partial charge in [-0.15, -0.1) is 0 Å². The van der Waals surface area contributed by atoms with Gasteiger partial charge in [0.05, 0.1) is 2.74 Å². The Morgan fingerprint density at radius 1 is 1.26 bits per heavy atom. The number of ketones is 3. The smallest absolute Gasteiger partial charge is 0.190 e. The van der Waals surface area contributed by atoms with Crippen LogP contribution >= 0.6 is 0 Å². The van der Waals surface area contributed by atoms with Crippen LogP contribution in [0.3, 0.4) is 0 Å². The molecule has 0 heterocycles. The molecular formula is C21H27FO5. The Morgan fingerprint density at radius 3 is 2.63 bits per heavy atom. The van der Waals surface area contributed by atoms with Crippen molar-refractivity contribution in [1.82, 2.24) is 0 Å². The minimum absolute atomic E-state index is 0.0568. The lowest BCUT2D eigenvalue weighted by molar-refractivity contribution is -0.189. The highest BCUT2D eigenvalue weighted by Gasteiger charge is 2.74. The van der Waals surface area contributed by atoms with Crippen LogP contribution < -0.4 is 0 Å². The van der Waals surface area contributed by atoms with E-state index in [1.54, 1.807) is 13.8 Å². The Hall–Kier alpha value is -1.40. The van der Waals surface area contributed by atoms with Gasteiger partial charge in [0.1, 0.15) is 12.2 Å².